The van der Waals surface area contributed by atoms with Crippen molar-refractivity contribution in [1.29, 1.82) is 0 Å². The molecule has 0 radical (unpaired) electrons. The number of carbonyl (C=O) groups is 1. The van der Waals surface area contributed by atoms with E-state index in [2.05, 4.69) is 20.8 Å². The first-order valence-corrected chi connectivity index (χ1v) is 4.93. The SMILES string of the molecule is CC(=O)C1CCC(C)(C)CC1C. The van der Waals surface area contributed by atoms with Crippen LogP contribution in [0.3, 0.4) is 0 Å². The van der Waals surface area contributed by atoms with Crippen molar-refractivity contribution in [3.8, 4) is 0 Å². The second-order valence-electron chi connectivity index (χ2n) is 5.10. The lowest BCUT2D eigenvalue weighted by molar-refractivity contribution is -0.124. The molecule has 2 unspecified atom stereocenters. The lowest BCUT2D eigenvalue weighted by Crippen LogP contribution is -2.31. The van der Waals surface area contributed by atoms with Crippen molar-refractivity contribution >= 4 is 5.78 Å². The monoisotopic (exact) mass is 168 g/mol. The minimum absolute atomic E-state index is 0.345. The van der Waals surface area contributed by atoms with Crippen molar-refractivity contribution in [3.05, 3.63) is 0 Å². The molecule has 0 aromatic heterocycles. The van der Waals surface area contributed by atoms with Gasteiger partial charge in [-0.3, -0.25) is 4.79 Å². The standard InChI is InChI=1S/C11H20O/c1-8-7-11(3,4)6-5-10(8)9(2)12/h8,10H,5-7H2,1-4H3. The van der Waals surface area contributed by atoms with Gasteiger partial charge in [-0.25, -0.2) is 0 Å². The molecule has 1 nitrogen and oxygen atoms in total. The molecular weight excluding hydrogens is 148 g/mol. The third kappa shape index (κ3) is 2.09. The van der Waals surface area contributed by atoms with Crippen LogP contribution in [0.2, 0.25) is 0 Å². The Bertz CT molecular complexity index is 181. The van der Waals surface area contributed by atoms with Crippen LogP contribution >= 0.6 is 0 Å². The second kappa shape index (κ2) is 3.20. The van der Waals surface area contributed by atoms with Gasteiger partial charge in [0.25, 0.3) is 0 Å². The number of hydrogen-bond donors (Lipinski definition) is 0. The highest BCUT2D eigenvalue weighted by Gasteiger charge is 2.34. The number of Topliss-reactive ketones (excluding diaryl/α,β-unsaturated/α-hetero) is 1. The summed E-state index contributed by atoms with van der Waals surface area (Å²) in [5.74, 6) is 1.32. The normalized spacial score (nSPS) is 34.7. The van der Waals surface area contributed by atoms with Gasteiger partial charge >= 0.3 is 0 Å². The molecule has 12 heavy (non-hydrogen) atoms. The molecule has 0 spiro atoms. The lowest BCUT2D eigenvalue weighted by atomic mass is 9.67. The second-order valence-corrected chi connectivity index (χ2v) is 5.10. The molecule has 70 valence electrons. The zero-order chi connectivity index (χ0) is 9.35. The fourth-order valence-corrected chi connectivity index (χ4v) is 2.55. The van der Waals surface area contributed by atoms with E-state index >= 15 is 0 Å². The van der Waals surface area contributed by atoms with Gasteiger partial charge in [-0.15, -0.1) is 0 Å². The summed E-state index contributed by atoms with van der Waals surface area (Å²) in [6.45, 7) is 8.56. The van der Waals surface area contributed by atoms with Crippen LogP contribution in [0.1, 0.15) is 47.0 Å². The third-order valence-corrected chi connectivity index (χ3v) is 3.22. The molecule has 2 atom stereocenters. The Morgan fingerprint density at radius 2 is 2.00 bits per heavy atom. The highest BCUT2D eigenvalue weighted by Crippen LogP contribution is 2.41. The van der Waals surface area contributed by atoms with Gasteiger partial charge < -0.3 is 0 Å². The fraction of sp³-hybridized carbons (Fsp3) is 0.909. The van der Waals surface area contributed by atoms with Gasteiger partial charge in [0.2, 0.25) is 0 Å². The number of rotatable bonds is 1. The van der Waals surface area contributed by atoms with Crippen molar-refractivity contribution in [3.63, 3.8) is 0 Å². The largest absolute Gasteiger partial charge is 0.300 e. The zero-order valence-electron chi connectivity index (χ0n) is 8.68. The summed E-state index contributed by atoms with van der Waals surface area (Å²) in [5, 5.41) is 0. The molecular formula is C11H20O. The molecule has 0 N–H and O–H groups in total. The Morgan fingerprint density at radius 1 is 1.42 bits per heavy atom. The zero-order valence-corrected chi connectivity index (χ0v) is 8.68. The van der Waals surface area contributed by atoms with Crippen molar-refractivity contribution in [2.75, 3.05) is 0 Å². The first-order chi connectivity index (χ1) is 5.42. The van der Waals surface area contributed by atoms with Crippen molar-refractivity contribution in [1.82, 2.24) is 0 Å². The molecule has 1 aliphatic carbocycles. The average molecular weight is 168 g/mol. The van der Waals surface area contributed by atoms with Gasteiger partial charge in [-0.2, -0.15) is 0 Å². The predicted octanol–water partition coefficient (Wildman–Crippen LogP) is 3.04. The topological polar surface area (TPSA) is 17.1 Å². The Hall–Kier alpha value is -0.330. The minimum atomic E-state index is 0.345. The van der Waals surface area contributed by atoms with Crippen LogP contribution in [0, 0.1) is 17.3 Å². The van der Waals surface area contributed by atoms with Gasteiger partial charge in [-0.05, 0) is 37.5 Å². The number of carbonyl (C=O) groups excluding carboxylic acids is 1. The van der Waals surface area contributed by atoms with Crippen LogP contribution in [0.15, 0.2) is 0 Å². The summed E-state index contributed by atoms with van der Waals surface area (Å²) in [7, 11) is 0. The number of ketones is 1. The molecule has 1 aliphatic rings. The van der Waals surface area contributed by atoms with E-state index in [0.717, 1.165) is 6.42 Å². The van der Waals surface area contributed by atoms with E-state index in [-0.39, 0.29) is 0 Å². The lowest BCUT2D eigenvalue weighted by Gasteiger charge is -2.38. The van der Waals surface area contributed by atoms with Crippen LogP contribution in [0.5, 0.6) is 0 Å². The molecule has 1 fully saturated rings. The highest BCUT2D eigenvalue weighted by molar-refractivity contribution is 5.78. The predicted molar refractivity (Wildman–Crippen MR) is 51.0 cm³/mol. The van der Waals surface area contributed by atoms with Crippen molar-refractivity contribution in [2.24, 2.45) is 17.3 Å². The molecule has 1 saturated carbocycles. The maximum absolute atomic E-state index is 11.2. The fourth-order valence-electron chi connectivity index (χ4n) is 2.55. The van der Waals surface area contributed by atoms with E-state index in [1.807, 2.05) is 0 Å². The van der Waals surface area contributed by atoms with Gasteiger partial charge in [0.1, 0.15) is 5.78 Å². The number of hydrogen-bond acceptors (Lipinski definition) is 1. The van der Waals surface area contributed by atoms with Gasteiger partial charge in [0.15, 0.2) is 0 Å². The molecule has 0 bridgehead atoms. The van der Waals surface area contributed by atoms with E-state index < -0.39 is 0 Å². The van der Waals surface area contributed by atoms with Crippen LogP contribution in [0.4, 0.5) is 0 Å². The molecule has 1 rings (SSSR count). The maximum atomic E-state index is 11.2. The first-order valence-electron chi connectivity index (χ1n) is 4.93. The van der Waals surface area contributed by atoms with Crippen LogP contribution in [0.25, 0.3) is 0 Å². The van der Waals surface area contributed by atoms with E-state index in [1.54, 1.807) is 6.92 Å². The molecule has 0 amide bonds. The smallest absolute Gasteiger partial charge is 0.133 e. The third-order valence-electron chi connectivity index (χ3n) is 3.22. The summed E-state index contributed by atoms with van der Waals surface area (Å²) < 4.78 is 0. The summed E-state index contributed by atoms with van der Waals surface area (Å²) in [6, 6.07) is 0. The van der Waals surface area contributed by atoms with Crippen LogP contribution < -0.4 is 0 Å². The summed E-state index contributed by atoms with van der Waals surface area (Å²) >= 11 is 0. The minimum Gasteiger partial charge on any atom is -0.300 e. The molecule has 1 heteroatoms. The van der Waals surface area contributed by atoms with E-state index in [9.17, 15) is 4.79 Å². The van der Waals surface area contributed by atoms with Gasteiger partial charge in [-0.1, -0.05) is 20.8 Å². The van der Waals surface area contributed by atoms with Crippen LogP contribution in [-0.2, 0) is 4.79 Å². The Balaban J connectivity index is 2.60. The first kappa shape index (κ1) is 9.76. The van der Waals surface area contributed by atoms with E-state index in [4.69, 9.17) is 0 Å². The van der Waals surface area contributed by atoms with Crippen LogP contribution in [-0.4, -0.2) is 5.78 Å². The molecule has 0 heterocycles. The van der Waals surface area contributed by atoms with Crippen molar-refractivity contribution in [2.45, 2.75) is 47.0 Å². The Kier molecular flexibility index (Phi) is 2.60. The Labute approximate surface area is 75.5 Å². The quantitative estimate of drug-likeness (QED) is 0.588. The van der Waals surface area contributed by atoms with E-state index in [1.165, 1.54) is 12.8 Å². The molecule has 0 aromatic rings. The summed E-state index contributed by atoms with van der Waals surface area (Å²) in [5.41, 5.74) is 0.464. The van der Waals surface area contributed by atoms with E-state index in [0.29, 0.717) is 23.0 Å². The highest BCUT2D eigenvalue weighted by atomic mass is 16.1. The van der Waals surface area contributed by atoms with Gasteiger partial charge in [0, 0.05) is 5.92 Å². The average Bonchev–Trinajstić information content (AvgIpc) is 1.83. The molecule has 0 saturated heterocycles. The molecule has 0 aliphatic heterocycles. The maximum Gasteiger partial charge on any atom is 0.133 e. The Morgan fingerprint density at radius 3 is 2.42 bits per heavy atom. The summed E-state index contributed by atoms with van der Waals surface area (Å²) in [4.78, 5) is 11.2. The molecule has 0 aromatic carbocycles. The summed E-state index contributed by atoms with van der Waals surface area (Å²) in [6.07, 6.45) is 3.52. The van der Waals surface area contributed by atoms with Crippen molar-refractivity contribution < 1.29 is 4.79 Å². The van der Waals surface area contributed by atoms with Gasteiger partial charge in [0.05, 0.1) is 0 Å².